The highest BCUT2D eigenvalue weighted by atomic mass is 16.5. The third-order valence-corrected chi connectivity index (χ3v) is 8.26. The molecule has 8 nitrogen and oxygen atoms in total. The fourth-order valence-electron chi connectivity index (χ4n) is 6.26. The summed E-state index contributed by atoms with van der Waals surface area (Å²) in [5, 5.41) is 4.13. The van der Waals surface area contributed by atoms with Crippen LogP contribution in [0.1, 0.15) is 65.5 Å². The van der Waals surface area contributed by atoms with Crippen LogP contribution in [0.25, 0.3) is 22.2 Å². The molecule has 2 amide bonds. The zero-order valence-electron chi connectivity index (χ0n) is 23.1. The Balaban J connectivity index is 1.44. The molecule has 6 rings (SSSR count). The molecule has 1 aliphatic carbocycles. The SMILES string of the molecule is Cc1cnc(CNC(=O)c2ccc3c(C4CCCCC4)c(-c4ccccc4)n(CC(=O)N4CCOCC4)c3c2)[nH]1. The summed E-state index contributed by atoms with van der Waals surface area (Å²) >= 11 is 0. The first-order valence-electron chi connectivity index (χ1n) is 14.4. The number of carbonyl (C=O) groups excluding carboxylic acids is 2. The van der Waals surface area contributed by atoms with Crippen LogP contribution in [-0.4, -0.2) is 57.6 Å². The van der Waals surface area contributed by atoms with Gasteiger partial charge < -0.3 is 24.5 Å². The molecule has 2 N–H and O–H groups in total. The molecule has 1 saturated heterocycles. The molecule has 2 fully saturated rings. The first kappa shape index (κ1) is 26.3. The van der Waals surface area contributed by atoms with Gasteiger partial charge >= 0.3 is 0 Å². The average molecular weight is 540 g/mol. The van der Waals surface area contributed by atoms with Crippen LogP contribution < -0.4 is 5.32 Å². The van der Waals surface area contributed by atoms with Crippen LogP contribution in [0.3, 0.4) is 0 Å². The van der Waals surface area contributed by atoms with Gasteiger partial charge in [0, 0.05) is 35.9 Å². The second-order valence-corrected chi connectivity index (χ2v) is 11.0. The van der Waals surface area contributed by atoms with E-state index in [1.54, 1.807) is 6.20 Å². The largest absolute Gasteiger partial charge is 0.378 e. The third kappa shape index (κ3) is 5.41. The van der Waals surface area contributed by atoms with Crippen molar-refractivity contribution in [2.24, 2.45) is 0 Å². The number of hydrogen-bond donors (Lipinski definition) is 2. The summed E-state index contributed by atoms with van der Waals surface area (Å²) in [7, 11) is 0. The molecule has 0 spiro atoms. The van der Waals surface area contributed by atoms with E-state index in [1.807, 2.05) is 30.0 Å². The summed E-state index contributed by atoms with van der Waals surface area (Å²) in [5.41, 5.74) is 5.98. The van der Waals surface area contributed by atoms with Gasteiger partial charge in [0.15, 0.2) is 0 Å². The summed E-state index contributed by atoms with van der Waals surface area (Å²) in [6.45, 7) is 4.83. The molecule has 1 aliphatic heterocycles. The smallest absolute Gasteiger partial charge is 0.251 e. The number of carbonyl (C=O) groups is 2. The van der Waals surface area contributed by atoms with Gasteiger partial charge in [-0.2, -0.15) is 0 Å². The molecule has 2 aromatic carbocycles. The maximum Gasteiger partial charge on any atom is 0.251 e. The maximum atomic E-state index is 13.6. The Morgan fingerprint density at radius 3 is 2.55 bits per heavy atom. The Labute approximate surface area is 234 Å². The number of fused-ring (bicyclic) bond motifs is 1. The number of morpholine rings is 1. The number of nitrogens with one attached hydrogen (secondary N) is 2. The molecular weight excluding hydrogens is 502 g/mol. The van der Waals surface area contributed by atoms with Crippen LogP contribution in [-0.2, 0) is 22.6 Å². The predicted molar refractivity (Wildman–Crippen MR) is 155 cm³/mol. The van der Waals surface area contributed by atoms with E-state index in [1.165, 1.54) is 24.8 Å². The van der Waals surface area contributed by atoms with Gasteiger partial charge in [-0.1, -0.05) is 55.7 Å². The van der Waals surface area contributed by atoms with Crippen molar-refractivity contribution in [1.29, 1.82) is 0 Å². The Kier molecular flexibility index (Phi) is 7.68. The standard InChI is InChI=1S/C32H37N5O3/c1-22-19-33-28(35-22)20-34-32(39)25-12-13-26-27(18-25)37(21-29(38)36-14-16-40-17-15-36)31(24-10-6-3-7-11-24)30(26)23-8-4-2-5-9-23/h3,6-7,10-13,18-19,23H,2,4-5,8-9,14-17,20-21H2,1H3,(H,33,35)(H,34,39). The van der Waals surface area contributed by atoms with Gasteiger partial charge in [0.25, 0.3) is 5.91 Å². The minimum absolute atomic E-state index is 0.0793. The lowest BCUT2D eigenvalue weighted by atomic mass is 9.82. The molecule has 0 atom stereocenters. The second-order valence-electron chi connectivity index (χ2n) is 11.0. The van der Waals surface area contributed by atoms with E-state index in [-0.39, 0.29) is 18.4 Å². The van der Waals surface area contributed by atoms with Gasteiger partial charge in [0.2, 0.25) is 5.91 Å². The second kappa shape index (κ2) is 11.7. The fourth-order valence-corrected chi connectivity index (χ4v) is 6.26. The van der Waals surface area contributed by atoms with E-state index in [0.717, 1.165) is 46.5 Å². The normalized spacial score (nSPS) is 16.4. The van der Waals surface area contributed by atoms with Crippen LogP contribution in [0, 0.1) is 6.92 Å². The first-order chi connectivity index (χ1) is 19.6. The van der Waals surface area contributed by atoms with Gasteiger partial charge in [-0.15, -0.1) is 0 Å². The number of rotatable bonds is 7. The van der Waals surface area contributed by atoms with E-state index in [2.05, 4.69) is 50.2 Å². The molecular formula is C32H37N5O3. The van der Waals surface area contributed by atoms with Crippen molar-refractivity contribution >= 4 is 22.7 Å². The molecule has 4 aromatic rings. The van der Waals surface area contributed by atoms with Crippen molar-refractivity contribution < 1.29 is 14.3 Å². The lowest BCUT2D eigenvalue weighted by Gasteiger charge is -2.28. The van der Waals surface area contributed by atoms with E-state index >= 15 is 0 Å². The van der Waals surface area contributed by atoms with Crippen molar-refractivity contribution in [1.82, 2.24) is 24.8 Å². The first-order valence-corrected chi connectivity index (χ1v) is 14.4. The number of aryl methyl sites for hydroxylation is 1. The van der Waals surface area contributed by atoms with Crippen LogP contribution in [0.2, 0.25) is 0 Å². The van der Waals surface area contributed by atoms with Gasteiger partial charge in [-0.3, -0.25) is 9.59 Å². The molecule has 8 heteroatoms. The fraction of sp³-hybridized carbons (Fsp3) is 0.406. The Morgan fingerprint density at radius 1 is 1.05 bits per heavy atom. The number of hydrogen-bond acceptors (Lipinski definition) is 4. The number of nitrogens with zero attached hydrogens (tertiary/aromatic N) is 3. The van der Waals surface area contributed by atoms with Crippen LogP contribution in [0.4, 0.5) is 0 Å². The predicted octanol–water partition coefficient (Wildman–Crippen LogP) is 5.18. The number of benzene rings is 2. The van der Waals surface area contributed by atoms with Gasteiger partial charge in [0.05, 0.1) is 31.0 Å². The number of aromatic nitrogens is 3. The summed E-state index contributed by atoms with van der Waals surface area (Å²) in [4.78, 5) is 36.2. The van der Waals surface area contributed by atoms with E-state index < -0.39 is 0 Å². The van der Waals surface area contributed by atoms with Gasteiger partial charge in [0.1, 0.15) is 12.4 Å². The lowest BCUT2D eigenvalue weighted by Crippen LogP contribution is -2.42. The van der Waals surface area contributed by atoms with Crippen molar-refractivity contribution in [3.8, 4) is 11.3 Å². The molecule has 1 saturated carbocycles. The molecule has 40 heavy (non-hydrogen) atoms. The lowest BCUT2D eigenvalue weighted by molar-refractivity contribution is -0.135. The van der Waals surface area contributed by atoms with Gasteiger partial charge in [-0.25, -0.2) is 4.98 Å². The summed E-state index contributed by atoms with van der Waals surface area (Å²) in [5.74, 6) is 1.06. The molecule has 0 radical (unpaired) electrons. The molecule has 0 bridgehead atoms. The van der Waals surface area contributed by atoms with Gasteiger partial charge in [-0.05, 0) is 48.9 Å². The number of aromatic amines is 1. The highest BCUT2D eigenvalue weighted by molar-refractivity contribution is 6.01. The highest BCUT2D eigenvalue weighted by Crippen LogP contribution is 2.44. The van der Waals surface area contributed by atoms with Crippen LogP contribution in [0.5, 0.6) is 0 Å². The number of imidazole rings is 1. The van der Waals surface area contributed by atoms with E-state index in [9.17, 15) is 9.59 Å². The van der Waals surface area contributed by atoms with Crippen molar-refractivity contribution in [2.45, 2.75) is 58.0 Å². The molecule has 2 aliphatic rings. The average Bonchev–Trinajstić information content (AvgIpc) is 3.57. The summed E-state index contributed by atoms with van der Waals surface area (Å²) < 4.78 is 7.66. The van der Waals surface area contributed by atoms with Crippen LogP contribution in [0.15, 0.2) is 54.7 Å². The molecule has 2 aromatic heterocycles. The zero-order chi connectivity index (χ0) is 27.5. The number of amides is 2. The third-order valence-electron chi connectivity index (χ3n) is 8.26. The zero-order valence-corrected chi connectivity index (χ0v) is 23.1. The summed E-state index contributed by atoms with van der Waals surface area (Å²) in [6, 6.07) is 16.4. The number of ether oxygens (including phenoxy) is 1. The summed E-state index contributed by atoms with van der Waals surface area (Å²) in [6.07, 6.45) is 7.73. The topological polar surface area (TPSA) is 92.2 Å². The Bertz CT molecular complexity index is 1490. The number of H-pyrrole nitrogens is 1. The maximum absolute atomic E-state index is 13.6. The van der Waals surface area contributed by atoms with Crippen molar-refractivity contribution in [3.05, 3.63) is 77.4 Å². The monoisotopic (exact) mass is 539 g/mol. The minimum Gasteiger partial charge on any atom is -0.378 e. The highest BCUT2D eigenvalue weighted by Gasteiger charge is 2.29. The van der Waals surface area contributed by atoms with Crippen molar-refractivity contribution in [3.63, 3.8) is 0 Å². The minimum atomic E-state index is -0.163. The Morgan fingerprint density at radius 2 is 1.82 bits per heavy atom. The quantitative estimate of drug-likeness (QED) is 0.339. The Hall–Kier alpha value is -3.91. The van der Waals surface area contributed by atoms with Crippen molar-refractivity contribution in [2.75, 3.05) is 26.3 Å². The van der Waals surface area contributed by atoms with E-state index in [0.29, 0.717) is 44.3 Å². The molecule has 3 heterocycles. The van der Waals surface area contributed by atoms with E-state index in [4.69, 9.17) is 4.74 Å². The molecule has 208 valence electrons. The van der Waals surface area contributed by atoms with Crippen LogP contribution >= 0.6 is 0 Å². The molecule has 0 unspecified atom stereocenters.